The van der Waals surface area contributed by atoms with Crippen molar-refractivity contribution in [2.24, 2.45) is 5.92 Å². The number of pyridine rings is 2. The molecule has 3 rings (SSSR count). The highest BCUT2D eigenvalue weighted by molar-refractivity contribution is 9.10. The van der Waals surface area contributed by atoms with Gasteiger partial charge in [-0.3, -0.25) is 9.88 Å². The fraction of sp³-hybridized carbons (Fsp3) is 0.375. The molecule has 5 heteroatoms. The quantitative estimate of drug-likeness (QED) is 0.902. The van der Waals surface area contributed by atoms with Crippen molar-refractivity contribution < 1.29 is 0 Å². The minimum atomic E-state index is 0.687. The Labute approximate surface area is 133 Å². The van der Waals surface area contributed by atoms with Gasteiger partial charge in [0.2, 0.25) is 0 Å². The van der Waals surface area contributed by atoms with Crippen LogP contribution in [0.2, 0.25) is 0 Å². The molecular formula is C16H19BrN4. The zero-order valence-electron chi connectivity index (χ0n) is 11.9. The van der Waals surface area contributed by atoms with Gasteiger partial charge in [0.1, 0.15) is 5.82 Å². The third kappa shape index (κ3) is 4.25. The molecule has 1 aliphatic rings. The van der Waals surface area contributed by atoms with E-state index in [0.29, 0.717) is 5.92 Å². The van der Waals surface area contributed by atoms with E-state index in [4.69, 9.17) is 0 Å². The second kappa shape index (κ2) is 7.00. The predicted octanol–water partition coefficient (Wildman–Crippen LogP) is 3.17. The first-order chi connectivity index (χ1) is 10.3. The van der Waals surface area contributed by atoms with Crippen molar-refractivity contribution in [2.75, 3.05) is 25.0 Å². The van der Waals surface area contributed by atoms with Crippen LogP contribution >= 0.6 is 15.9 Å². The minimum absolute atomic E-state index is 0.687. The normalized spacial score (nSPS) is 18.8. The van der Waals surface area contributed by atoms with E-state index in [1.165, 1.54) is 12.0 Å². The van der Waals surface area contributed by atoms with Crippen LogP contribution in [0.4, 0.5) is 5.82 Å². The maximum Gasteiger partial charge on any atom is 0.125 e. The molecule has 1 unspecified atom stereocenters. The molecule has 1 fully saturated rings. The van der Waals surface area contributed by atoms with E-state index >= 15 is 0 Å². The van der Waals surface area contributed by atoms with Crippen molar-refractivity contribution >= 4 is 21.7 Å². The van der Waals surface area contributed by atoms with Crippen molar-refractivity contribution in [3.8, 4) is 0 Å². The fourth-order valence-corrected chi connectivity index (χ4v) is 3.15. The average molecular weight is 347 g/mol. The molecule has 21 heavy (non-hydrogen) atoms. The lowest BCUT2D eigenvalue weighted by Gasteiger charge is -2.16. The SMILES string of the molecule is Brc1cncc(CN2CCC(CNc3ccccn3)C2)c1. The summed E-state index contributed by atoms with van der Waals surface area (Å²) in [7, 11) is 0. The summed E-state index contributed by atoms with van der Waals surface area (Å²) in [6.07, 6.45) is 6.84. The zero-order chi connectivity index (χ0) is 14.5. The van der Waals surface area contributed by atoms with Crippen LogP contribution in [0.15, 0.2) is 47.3 Å². The van der Waals surface area contributed by atoms with Gasteiger partial charge >= 0.3 is 0 Å². The number of anilines is 1. The number of rotatable bonds is 5. The van der Waals surface area contributed by atoms with Gasteiger partial charge in [0.05, 0.1) is 0 Å². The summed E-state index contributed by atoms with van der Waals surface area (Å²) in [5.74, 6) is 1.65. The number of nitrogens with one attached hydrogen (secondary N) is 1. The monoisotopic (exact) mass is 346 g/mol. The maximum absolute atomic E-state index is 4.30. The number of halogens is 1. The molecule has 0 radical (unpaired) electrons. The first-order valence-electron chi connectivity index (χ1n) is 7.26. The van der Waals surface area contributed by atoms with Crippen molar-refractivity contribution in [1.82, 2.24) is 14.9 Å². The molecule has 1 saturated heterocycles. The smallest absolute Gasteiger partial charge is 0.125 e. The largest absolute Gasteiger partial charge is 0.370 e. The van der Waals surface area contributed by atoms with Crippen molar-refractivity contribution in [2.45, 2.75) is 13.0 Å². The molecule has 3 heterocycles. The molecule has 0 aliphatic carbocycles. The molecule has 1 N–H and O–H groups in total. The molecule has 4 nitrogen and oxygen atoms in total. The fourth-order valence-electron chi connectivity index (χ4n) is 2.74. The van der Waals surface area contributed by atoms with Crippen LogP contribution < -0.4 is 5.32 Å². The Morgan fingerprint density at radius 3 is 3.10 bits per heavy atom. The van der Waals surface area contributed by atoms with Crippen LogP contribution in [0.25, 0.3) is 0 Å². The highest BCUT2D eigenvalue weighted by atomic mass is 79.9. The van der Waals surface area contributed by atoms with Gasteiger partial charge in [-0.2, -0.15) is 0 Å². The molecule has 110 valence electrons. The van der Waals surface area contributed by atoms with Gasteiger partial charge in [-0.05, 0) is 58.6 Å². The second-order valence-electron chi connectivity index (χ2n) is 5.50. The van der Waals surface area contributed by atoms with Crippen LogP contribution in [0, 0.1) is 5.92 Å². The van der Waals surface area contributed by atoms with E-state index in [1.54, 1.807) is 0 Å². The Morgan fingerprint density at radius 1 is 1.33 bits per heavy atom. The van der Waals surface area contributed by atoms with Crippen LogP contribution in [-0.4, -0.2) is 34.5 Å². The highest BCUT2D eigenvalue weighted by Crippen LogP contribution is 2.20. The molecule has 0 bridgehead atoms. The number of likely N-dealkylation sites (tertiary alicyclic amines) is 1. The number of hydrogen-bond donors (Lipinski definition) is 1. The van der Waals surface area contributed by atoms with Crippen molar-refractivity contribution in [3.05, 3.63) is 52.9 Å². The highest BCUT2D eigenvalue weighted by Gasteiger charge is 2.22. The van der Waals surface area contributed by atoms with Gasteiger partial charge in [0.25, 0.3) is 0 Å². The third-order valence-electron chi connectivity index (χ3n) is 3.77. The summed E-state index contributed by atoms with van der Waals surface area (Å²) in [6, 6.07) is 8.11. The molecule has 0 amide bonds. The molecular weight excluding hydrogens is 328 g/mol. The summed E-state index contributed by atoms with van der Waals surface area (Å²) >= 11 is 3.48. The maximum atomic E-state index is 4.30. The van der Waals surface area contributed by atoms with E-state index in [1.807, 2.05) is 36.8 Å². The van der Waals surface area contributed by atoms with E-state index < -0.39 is 0 Å². The third-order valence-corrected chi connectivity index (χ3v) is 4.21. The van der Waals surface area contributed by atoms with Crippen LogP contribution in [0.1, 0.15) is 12.0 Å². The second-order valence-corrected chi connectivity index (χ2v) is 6.41. The van der Waals surface area contributed by atoms with E-state index in [-0.39, 0.29) is 0 Å². The predicted molar refractivity (Wildman–Crippen MR) is 88.0 cm³/mol. The van der Waals surface area contributed by atoms with Gasteiger partial charge < -0.3 is 5.32 Å². The van der Waals surface area contributed by atoms with Crippen LogP contribution in [-0.2, 0) is 6.54 Å². The standard InChI is InChI=1S/C16H19BrN4/c17-15-7-14(8-18-10-15)12-21-6-4-13(11-21)9-20-16-3-1-2-5-19-16/h1-3,5,7-8,10,13H,4,6,9,11-12H2,(H,19,20). The summed E-state index contributed by atoms with van der Waals surface area (Å²) in [5, 5.41) is 3.42. The first-order valence-corrected chi connectivity index (χ1v) is 8.05. The van der Waals surface area contributed by atoms with Gasteiger partial charge in [0, 0.05) is 42.7 Å². The molecule has 0 aromatic carbocycles. The van der Waals surface area contributed by atoms with Gasteiger partial charge in [0.15, 0.2) is 0 Å². The Kier molecular flexibility index (Phi) is 4.83. The number of hydrogen-bond acceptors (Lipinski definition) is 4. The lowest BCUT2D eigenvalue weighted by Crippen LogP contribution is -2.22. The lowest BCUT2D eigenvalue weighted by molar-refractivity contribution is 0.318. The van der Waals surface area contributed by atoms with E-state index in [0.717, 1.165) is 36.5 Å². The molecule has 1 aliphatic heterocycles. The van der Waals surface area contributed by atoms with E-state index in [9.17, 15) is 0 Å². The molecule has 0 saturated carbocycles. The Hall–Kier alpha value is -1.46. The zero-order valence-corrected chi connectivity index (χ0v) is 13.5. The Balaban J connectivity index is 1.47. The topological polar surface area (TPSA) is 41.1 Å². The molecule has 0 spiro atoms. The number of nitrogens with zero attached hydrogens (tertiary/aromatic N) is 3. The Morgan fingerprint density at radius 2 is 2.29 bits per heavy atom. The minimum Gasteiger partial charge on any atom is -0.370 e. The molecule has 2 aromatic heterocycles. The molecule has 1 atom stereocenters. The van der Waals surface area contributed by atoms with Crippen molar-refractivity contribution in [3.63, 3.8) is 0 Å². The van der Waals surface area contributed by atoms with Crippen LogP contribution in [0.3, 0.4) is 0 Å². The summed E-state index contributed by atoms with van der Waals surface area (Å²) in [4.78, 5) is 11.0. The van der Waals surface area contributed by atoms with Crippen LogP contribution in [0.5, 0.6) is 0 Å². The van der Waals surface area contributed by atoms with Crippen molar-refractivity contribution in [1.29, 1.82) is 0 Å². The molecule has 2 aromatic rings. The lowest BCUT2D eigenvalue weighted by atomic mass is 10.1. The number of aromatic nitrogens is 2. The van der Waals surface area contributed by atoms with E-state index in [2.05, 4.69) is 42.2 Å². The van der Waals surface area contributed by atoms with Gasteiger partial charge in [-0.1, -0.05) is 6.07 Å². The van der Waals surface area contributed by atoms with Gasteiger partial charge in [-0.25, -0.2) is 4.98 Å². The first kappa shape index (κ1) is 14.5. The summed E-state index contributed by atoms with van der Waals surface area (Å²) in [5.41, 5.74) is 1.27. The van der Waals surface area contributed by atoms with Gasteiger partial charge in [-0.15, -0.1) is 0 Å². The summed E-state index contributed by atoms with van der Waals surface area (Å²) in [6.45, 7) is 4.25. The average Bonchev–Trinajstić information content (AvgIpc) is 2.94. The summed E-state index contributed by atoms with van der Waals surface area (Å²) < 4.78 is 1.05. The Bertz CT molecular complexity index is 575.